The van der Waals surface area contributed by atoms with E-state index in [1.165, 1.54) is 18.3 Å². The number of Topliss-reactive ketones (excluding diaryl/α,β-unsaturated/α-hetero) is 1. The van der Waals surface area contributed by atoms with Gasteiger partial charge in [0.05, 0.1) is 21.4 Å². The SMILES string of the molecule is CC(=O)c1ccc(C(=O)NCCSCc2ccccc2C#N)s1. The van der Waals surface area contributed by atoms with Gasteiger partial charge in [-0.2, -0.15) is 17.0 Å². The van der Waals surface area contributed by atoms with Crippen LogP contribution in [0.4, 0.5) is 0 Å². The van der Waals surface area contributed by atoms with E-state index in [2.05, 4.69) is 11.4 Å². The van der Waals surface area contributed by atoms with Gasteiger partial charge in [-0.25, -0.2) is 0 Å². The third-order valence-corrected chi connectivity index (χ3v) is 5.30. The first kappa shape index (κ1) is 17.3. The van der Waals surface area contributed by atoms with Gasteiger partial charge in [0.1, 0.15) is 0 Å². The molecule has 4 nitrogen and oxygen atoms in total. The van der Waals surface area contributed by atoms with E-state index >= 15 is 0 Å². The number of rotatable bonds is 7. The normalized spacial score (nSPS) is 10.1. The minimum absolute atomic E-state index is 0.0271. The lowest BCUT2D eigenvalue weighted by Gasteiger charge is -2.05. The number of carbonyl (C=O) groups is 2. The average molecular weight is 344 g/mol. The number of ketones is 1. The number of hydrogen-bond acceptors (Lipinski definition) is 5. The first-order valence-corrected chi connectivity index (χ1v) is 9.03. The van der Waals surface area contributed by atoms with Crippen molar-refractivity contribution in [1.82, 2.24) is 5.32 Å². The second-order valence-corrected chi connectivity index (χ2v) is 6.99. The van der Waals surface area contributed by atoms with Gasteiger partial charge in [-0.15, -0.1) is 11.3 Å². The van der Waals surface area contributed by atoms with Crippen molar-refractivity contribution in [2.75, 3.05) is 12.3 Å². The molecule has 2 rings (SSSR count). The van der Waals surface area contributed by atoms with Crippen molar-refractivity contribution in [3.05, 3.63) is 57.3 Å². The van der Waals surface area contributed by atoms with Crippen LogP contribution in [0, 0.1) is 11.3 Å². The number of benzene rings is 1. The van der Waals surface area contributed by atoms with E-state index in [0.29, 0.717) is 21.9 Å². The van der Waals surface area contributed by atoms with E-state index in [4.69, 9.17) is 5.26 Å². The van der Waals surface area contributed by atoms with Crippen molar-refractivity contribution in [3.63, 3.8) is 0 Å². The van der Waals surface area contributed by atoms with Crippen LogP contribution in [0.15, 0.2) is 36.4 Å². The van der Waals surface area contributed by atoms with Gasteiger partial charge >= 0.3 is 0 Å². The average Bonchev–Trinajstić information content (AvgIpc) is 3.05. The predicted octanol–water partition coefficient (Wildman–Crippen LogP) is 3.49. The summed E-state index contributed by atoms with van der Waals surface area (Å²) in [4.78, 5) is 24.3. The third kappa shape index (κ3) is 4.95. The number of nitrogens with one attached hydrogen (secondary N) is 1. The number of amides is 1. The van der Waals surface area contributed by atoms with Gasteiger partial charge in [-0.3, -0.25) is 9.59 Å². The first-order valence-electron chi connectivity index (χ1n) is 7.06. The van der Waals surface area contributed by atoms with Crippen LogP contribution in [-0.4, -0.2) is 24.0 Å². The number of thiophene rings is 1. The topological polar surface area (TPSA) is 70.0 Å². The third-order valence-electron chi connectivity index (χ3n) is 3.10. The van der Waals surface area contributed by atoms with Gasteiger partial charge in [0.25, 0.3) is 5.91 Å². The Labute approximate surface area is 143 Å². The molecule has 0 aliphatic heterocycles. The highest BCUT2D eigenvalue weighted by molar-refractivity contribution is 7.98. The summed E-state index contributed by atoms with van der Waals surface area (Å²) in [5, 5.41) is 11.9. The molecular weight excluding hydrogens is 328 g/mol. The van der Waals surface area contributed by atoms with E-state index in [9.17, 15) is 9.59 Å². The van der Waals surface area contributed by atoms with Crippen molar-refractivity contribution < 1.29 is 9.59 Å². The minimum Gasteiger partial charge on any atom is -0.351 e. The van der Waals surface area contributed by atoms with E-state index in [1.54, 1.807) is 30.0 Å². The van der Waals surface area contributed by atoms with Crippen molar-refractivity contribution in [2.24, 2.45) is 0 Å². The Morgan fingerprint density at radius 2 is 1.96 bits per heavy atom. The molecule has 0 atom stereocenters. The number of thioether (sulfide) groups is 1. The van der Waals surface area contributed by atoms with Crippen LogP contribution in [0.2, 0.25) is 0 Å². The maximum Gasteiger partial charge on any atom is 0.261 e. The molecule has 23 heavy (non-hydrogen) atoms. The fourth-order valence-electron chi connectivity index (χ4n) is 1.91. The summed E-state index contributed by atoms with van der Waals surface area (Å²) in [6.07, 6.45) is 0. The standard InChI is InChI=1S/C17H16N2O2S2/c1-12(20)15-6-7-16(23-15)17(21)19-8-9-22-11-14-5-3-2-4-13(14)10-18/h2-7H,8-9,11H2,1H3,(H,19,21). The molecule has 0 radical (unpaired) electrons. The molecule has 1 N–H and O–H groups in total. The lowest BCUT2D eigenvalue weighted by atomic mass is 10.1. The Balaban J connectivity index is 1.74. The molecule has 0 unspecified atom stereocenters. The molecule has 0 aliphatic rings. The zero-order chi connectivity index (χ0) is 16.7. The molecule has 2 aromatic rings. The molecule has 1 heterocycles. The van der Waals surface area contributed by atoms with E-state index in [-0.39, 0.29) is 11.7 Å². The van der Waals surface area contributed by atoms with Crippen LogP contribution in [-0.2, 0) is 5.75 Å². The highest BCUT2D eigenvalue weighted by Crippen LogP contribution is 2.17. The van der Waals surface area contributed by atoms with Crippen LogP contribution in [0.5, 0.6) is 0 Å². The summed E-state index contributed by atoms with van der Waals surface area (Å²) in [6, 6.07) is 13.0. The zero-order valence-electron chi connectivity index (χ0n) is 12.7. The van der Waals surface area contributed by atoms with Crippen molar-refractivity contribution >= 4 is 34.8 Å². The van der Waals surface area contributed by atoms with E-state index in [0.717, 1.165) is 17.1 Å². The Hall–Kier alpha value is -2.10. The van der Waals surface area contributed by atoms with Crippen molar-refractivity contribution in [1.29, 1.82) is 5.26 Å². The quantitative estimate of drug-likeness (QED) is 0.616. The second kappa shape index (κ2) is 8.51. The van der Waals surface area contributed by atoms with Crippen molar-refractivity contribution in [2.45, 2.75) is 12.7 Å². The summed E-state index contributed by atoms with van der Waals surface area (Å²) in [6.45, 7) is 2.04. The van der Waals surface area contributed by atoms with Gasteiger partial charge in [0.2, 0.25) is 0 Å². The lowest BCUT2D eigenvalue weighted by molar-refractivity contribution is 0.0959. The molecule has 0 aliphatic carbocycles. The molecule has 0 spiro atoms. The monoisotopic (exact) mass is 344 g/mol. The van der Waals surface area contributed by atoms with Gasteiger partial charge in [0.15, 0.2) is 5.78 Å². The summed E-state index contributed by atoms with van der Waals surface area (Å²) in [5.41, 5.74) is 1.70. The highest BCUT2D eigenvalue weighted by Gasteiger charge is 2.10. The summed E-state index contributed by atoms with van der Waals surface area (Å²) in [7, 11) is 0. The molecule has 0 fully saturated rings. The molecule has 0 bridgehead atoms. The van der Waals surface area contributed by atoms with Gasteiger partial charge in [0, 0.05) is 18.1 Å². The van der Waals surface area contributed by atoms with Crippen LogP contribution in [0.25, 0.3) is 0 Å². The molecular formula is C17H16N2O2S2. The second-order valence-electron chi connectivity index (χ2n) is 4.80. The number of carbonyl (C=O) groups excluding carboxylic acids is 2. The largest absolute Gasteiger partial charge is 0.351 e. The molecule has 1 aromatic carbocycles. The smallest absolute Gasteiger partial charge is 0.261 e. The molecule has 1 aromatic heterocycles. The van der Waals surface area contributed by atoms with Crippen molar-refractivity contribution in [3.8, 4) is 6.07 Å². The van der Waals surface area contributed by atoms with E-state index < -0.39 is 0 Å². The van der Waals surface area contributed by atoms with Gasteiger partial charge in [-0.1, -0.05) is 18.2 Å². The zero-order valence-corrected chi connectivity index (χ0v) is 14.3. The molecule has 0 saturated heterocycles. The molecule has 0 saturated carbocycles. The maximum absolute atomic E-state index is 11.9. The fraction of sp³-hybridized carbons (Fsp3) is 0.235. The Morgan fingerprint density at radius 3 is 2.65 bits per heavy atom. The van der Waals surface area contributed by atoms with Gasteiger partial charge < -0.3 is 5.32 Å². The lowest BCUT2D eigenvalue weighted by Crippen LogP contribution is -2.24. The van der Waals surface area contributed by atoms with E-state index in [1.807, 2.05) is 18.2 Å². The Kier molecular flexibility index (Phi) is 6.39. The summed E-state index contributed by atoms with van der Waals surface area (Å²) >= 11 is 2.88. The minimum atomic E-state index is -0.152. The number of nitrogens with zero attached hydrogens (tertiary/aromatic N) is 1. The first-order chi connectivity index (χ1) is 11.1. The van der Waals surface area contributed by atoms with Crippen LogP contribution >= 0.6 is 23.1 Å². The van der Waals surface area contributed by atoms with Crippen LogP contribution in [0.3, 0.4) is 0 Å². The van der Waals surface area contributed by atoms with Gasteiger partial charge in [-0.05, 0) is 30.7 Å². The number of nitriles is 1. The molecule has 118 valence electrons. The summed E-state index contributed by atoms with van der Waals surface area (Å²) in [5.74, 6) is 1.32. The van der Waals surface area contributed by atoms with Crippen LogP contribution in [0.1, 0.15) is 37.4 Å². The Morgan fingerprint density at radius 1 is 1.22 bits per heavy atom. The fourth-order valence-corrected chi connectivity index (χ4v) is 3.59. The maximum atomic E-state index is 11.9. The highest BCUT2D eigenvalue weighted by atomic mass is 32.2. The predicted molar refractivity (Wildman–Crippen MR) is 94.0 cm³/mol. The molecule has 1 amide bonds. The van der Waals surface area contributed by atoms with Crippen LogP contribution < -0.4 is 5.32 Å². The molecule has 6 heteroatoms. The Bertz CT molecular complexity index is 747. The number of hydrogen-bond donors (Lipinski definition) is 1. The summed E-state index contributed by atoms with van der Waals surface area (Å²) < 4.78 is 0.